The fourth-order valence-electron chi connectivity index (χ4n) is 1.30. The van der Waals surface area contributed by atoms with E-state index in [9.17, 15) is 8.78 Å². The maximum absolute atomic E-state index is 13.3. The molecule has 2 nitrogen and oxygen atoms in total. The van der Waals surface area contributed by atoms with Crippen molar-refractivity contribution in [3.05, 3.63) is 58.3 Å². The summed E-state index contributed by atoms with van der Waals surface area (Å²) in [6, 6.07) is 7.04. The minimum Gasteiger partial charge on any atom is -0.486 e. The SMILES string of the molecule is Fc1cccc(F)c1COc1cccnc1Br. The average Bonchev–Trinajstić information content (AvgIpc) is 2.30. The molecule has 0 aliphatic carbocycles. The van der Waals surface area contributed by atoms with E-state index >= 15 is 0 Å². The van der Waals surface area contributed by atoms with Gasteiger partial charge in [0.2, 0.25) is 0 Å². The van der Waals surface area contributed by atoms with E-state index in [0.29, 0.717) is 10.4 Å². The van der Waals surface area contributed by atoms with E-state index in [-0.39, 0.29) is 12.2 Å². The number of hydrogen-bond acceptors (Lipinski definition) is 2. The number of hydrogen-bond donors (Lipinski definition) is 0. The van der Waals surface area contributed by atoms with Gasteiger partial charge < -0.3 is 4.74 Å². The van der Waals surface area contributed by atoms with Gasteiger partial charge in [0, 0.05) is 6.20 Å². The number of aromatic nitrogens is 1. The second-order valence-electron chi connectivity index (χ2n) is 3.28. The minimum absolute atomic E-state index is 0.0942. The van der Waals surface area contributed by atoms with Gasteiger partial charge in [-0.3, -0.25) is 0 Å². The third-order valence-corrected chi connectivity index (χ3v) is 2.75. The van der Waals surface area contributed by atoms with Crippen LogP contribution < -0.4 is 4.74 Å². The highest BCUT2D eigenvalue weighted by atomic mass is 79.9. The Kier molecular flexibility index (Phi) is 3.68. The highest BCUT2D eigenvalue weighted by Crippen LogP contribution is 2.23. The van der Waals surface area contributed by atoms with Gasteiger partial charge >= 0.3 is 0 Å². The molecule has 0 aliphatic rings. The van der Waals surface area contributed by atoms with Gasteiger partial charge in [-0.25, -0.2) is 13.8 Å². The quantitative estimate of drug-likeness (QED) is 0.806. The lowest BCUT2D eigenvalue weighted by Gasteiger charge is -2.08. The van der Waals surface area contributed by atoms with Gasteiger partial charge in [0.1, 0.15) is 22.8 Å². The van der Waals surface area contributed by atoms with Crippen LogP contribution in [0.5, 0.6) is 5.75 Å². The first-order valence-electron chi connectivity index (χ1n) is 4.84. The molecule has 0 bridgehead atoms. The van der Waals surface area contributed by atoms with Crippen LogP contribution in [0, 0.1) is 11.6 Å². The van der Waals surface area contributed by atoms with E-state index < -0.39 is 11.6 Å². The van der Waals surface area contributed by atoms with Crippen LogP contribution in [0.4, 0.5) is 8.78 Å². The van der Waals surface area contributed by atoms with Gasteiger partial charge in [0.25, 0.3) is 0 Å². The Morgan fingerprint density at radius 2 is 1.82 bits per heavy atom. The molecule has 2 rings (SSSR count). The van der Waals surface area contributed by atoms with Crippen molar-refractivity contribution in [2.24, 2.45) is 0 Å². The standard InChI is InChI=1S/C12H8BrF2NO/c13-12-11(5-2-6-16-12)17-7-8-9(14)3-1-4-10(8)15/h1-6H,7H2. The van der Waals surface area contributed by atoms with Gasteiger partial charge in [-0.2, -0.15) is 0 Å². The lowest BCUT2D eigenvalue weighted by atomic mass is 10.2. The molecule has 1 aromatic carbocycles. The van der Waals surface area contributed by atoms with Gasteiger partial charge in [-0.15, -0.1) is 0 Å². The summed E-state index contributed by atoms with van der Waals surface area (Å²) in [6.45, 7) is -0.178. The second kappa shape index (κ2) is 5.23. The smallest absolute Gasteiger partial charge is 0.152 e. The first-order chi connectivity index (χ1) is 8.18. The molecule has 0 aliphatic heterocycles. The summed E-state index contributed by atoms with van der Waals surface area (Å²) in [6.07, 6.45) is 1.58. The summed E-state index contributed by atoms with van der Waals surface area (Å²) in [7, 11) is 0. The molecule has 0 unspecified atom stereocenters. The number of pyridine rings is 1. The zero-order valence-electron chi connectivity index (χ0n) is 8.66. The van der Waals surface area contributed by atoms with E-state index in [0.717, 1.165) is 0 Å². The molecule has 0 N–H and O–H groups in total. The van der Waals surface area contributed by atoms with E-state index in [1.54, 1.807) is 18.3 Å². The lowest BCUT2D eigenvalue weighted by Crippen LogP contribution is -2.02. The summed E-state index contributed by atoms with van der Waals surface area (Å²) in [5.74, 6) is -0.801. The zero-order valence-corrected chi connectivity index (χ0v) is 10.2. The highest BCUT2D eigenvalue weighted by Gasteiger charge is 2.10. The predicted octanol–water partition coefficient (Wildman–Crippen LogP) is 3.70. The van der Waals surface area contributed by atoms with E-state index in [1.807, 2.05) is 0 Å². The van der Waals surface area contributed by atoms with Crippen LogP contribution in [0.3, 0.4) is 0 Å². The van der Waals surface area contributed by atoms with Crippen LogP contribution in [0.25, 0.3) is 0 Å². The Labute approximate surface area is 105 Å². The van der Waals surface area contributed by atoms with Crippen molar-refractivity contribution in [3.63, 3.8) is 0 Å². The first kappa shape index (κ1) is 12.0. The van der Waals surface area contributed by atoms with Gasteiger partial charge in [0.15, 0.2) is 5.75 Å². The molecule has 1 aromatic heterocycles. The Morgan fingerprint density at radius 3 is 2.47 bits per heavy atom. The molecule has 0 saturated heterocycles. The van der Waals surface area contributed by atoms with Gasteiger partial charge in [0.05, 0.1) is 5.56 Å². The Balaban J connectivity index is 2.16. The maximum Gasteiger partial charge on any atom is 0.152 e. The average molecular weight is 300 g/mol. The van der Waals surface area contributed by atoms with Crippen LogP contribution in [0.1, 0.15) is 5.56 Å². The van der Waals surface area contributed by atoms with Crippen molar-refractivity contribution in [1.29, 1.82) is 0 Å². The molecular formula is C12H8BrF2NO. The fraction of sp³-hybridized carbons (Fsp3) is 0.0833. The fourth-order valence-corrected chi connectivity index (χ4v) is 1.66. The third kappa shape index (κ3) is 2.79. The molecule has 5 heteroatoms. The third-order valence-electron chi connectivity index (χ3n) is 2.16. The monoisotopic (exact) mass is 299 g/mol. The van der Waals surface area contributed by atoms with Crippen LogP contribution in [0.2, 0.25) is 0 Å². The largest absolute Gasteiger partial charge is 0.486 e. The Morgan fingerprint density at radius 1 is 1.12 bits per heavy atom. The van der Waals surface area contributed by atoms with Crippen LogP contribution in [-0.2, 0) is 6.61 Å². The van der Waals surface area contributed by atoms with Crippen molar-refractivity contribution in [3.8, 4) is 5.75 Å². The molecule has 2 aromatic rings. The molecule has 0 atom stereocenters. The summed E-state index contributed by atoms with van der Waals surface area (Å²) in [5.41, 5.74) is -0.0942. The molecule has 0 fully saturated rings. The minimum atomic E-state index is -0.620. The predicted molar refractivity (Wildman–Crippen MR) is 62.6 cm³/mol. The number of rotatable bonds is 3. The summed E-state index contributed by atoms with van der Waals surface area (Å²) in [4.78, 5) is 3.94. The normalized spacial score (nSPS) is 10.3. The molecule has 88 valence electrons. The number of ether oxygens (including phenoxy) is 1. The number of halogens is 3. The van der Waals surface area contributed by atoms with Crippen molar-refractivity contribution < 1.29 is 13.5 Å². The van der Waals surface area contributed by atoms with Crippen molar-refractivity contribution >= 4 is 15.9 Å². The van der Waals surface area contributed by atoms with Crippen LogP contribution in [0.15, 0.2) is 41.1 Å². The highest BCUT2D eigenvalue weighted by molar-refractivity contribution is 9.10. The van der Waals surface area contributed by atoms with E-state index in [4.69, 9.17) is 4.74 Å². The van der Waals surface area contributed by atoms with Crippen LogP contribution >= 0.6 is 15.9 Å². The van der Waals surface area contributed by atoms with Gasteiger partial charge in [-0.1, -0.05) is 6.07 Å². The van der Waals surface area contributed by atoms with Crippen molar-refractivity contribution in [2.45, 2.75) is 6.61 Å². The molecule has 0 radical (unpaired) electrons. The number of benzene rings is 1. The molecule has 0 amide bonds. The summed E-state index contributed by atoms with van der Waals surface area (Å²) >= 11 is 3.18. The van der Waals surface area contributed by atoms with E-state index in [1.165, 1.54) is 18.2 Å². The molecule has 0 spiro atoms. The zero-order chi connectivity index (χ0) is 12.3. The second-order valence-corrected chi connectivity index (χ2v) is 4.03. The van der Waals surface area contributed by atoms with Crippen LogP contribution in [-0.4, -0.2) is 4.98 Å². The number of nitrogens with zero attached hydrogens (tertiary/aromatic N) is 1. The topological polar surface area (TPSA) is 22.1 Å². The Hall–Kier alpha value is -1.49. The molecule has 17 heavy (non-hydrogen) atoms. The summed E-state index contributed by atoms with van der Waals surface area (Å²) < 4.78 is 32.4. The Bertz CT molecular complexity index is 513. The van der Waals surface area contributed by atoms with Crippen molar-refractivity contribution in [1.82, 2.24) is 4.98 Å². The lowest BCUT2D eigenvalue weighted by molar-refractivity contribution is 0.289. The first-order valence-corrected chi connectivity index (χ1v) is 5.64. The van der Waals surface area contributed by atoms with Crippen molar-refractivity contribution in [2.75, 3.05) is 0 Å². The van der Waals surface area contributed by atoms with E-state index in [2.05, 4.69) is 20.9 Å². The van der Waals surface area contributed by atoms with Gasteiger partial charge in [-0.05, 0) is 40.2 Å². The molecular weight excluding hydrogens is 292 g/mol. The molecule has 1 heterocycles. The maximum atomic E-state index is 13.3. The summed E-state index contributed by atoms with van der Waals surface area (Å²) in [5, 5.41) is 0. The molecule has 0 saturated carbocycles.